The molecule has 1 N–H and O–H groups in total. The Hall–Kier alpha value is -2.87. The minimum atomic E-state index is -0.181. The maximum absolute atomic E-state index is 12.9. The number of hydrogen-bond donors (Lipinski definition) is 1. The number of pyridine rings is 1. The molecule has 0 radical (unpaired) electrons. The Kier molecular flexibility index (Phi) is 6.86. The molecule has 0 saturated carbocycles. The molecule has 4 rings (SSSR count). The Morgan fingerprint density at radius 1 is 1.16 bits per heavy atom. The highest BCUT2D eigenvalue weighted by molar-refractivity contribution is 5.95. The monoisotopic (exact) mass is 423 g/mol. The van der Waals surface area contributed by atoms with Crippen molar-refractivity contribution in [2.45, 2.75) is 45.1 Å². The summed E-state index contributed by atoms with van der Waals surface area (Å²) in [5, 5.41) is 2.95. The highest BCUT2D eigenvalue weighted by atomic mass is 16.5. The Morgan fingerprint density at radius 2 is 1.94 bits per heavy atom. The van der Waals surface area contributed by atoms with E-state index in [9.17, 15) is 9.59 Å². The van der Waals surface area contributed by atoms with E-state index in [0.717, 1.165) is 36.9 Å². The first-order valence-corrected chi connectivity index (χ1v) is 11.0. The molecule has 164 valence electrons. The summed E-state index contributed by atoms with van der Waals surface area (Å²) >= 11 is 0. The number of nitrogens with zero attached hydrogens (tertiary/aromatic N) is 4. The number of amides is 2. The van der Waals surface area contributed by atoms with Gasteiger partial charge in [0.1, 0.15) is 5.82 Å². The fraction of sp³-hybridized carbons (Fsp3) is 0.522. The lowest BCUT2D eigenvalue weighted by Gasteiger charge is -2.35. The van der Waals surface area contributed by atoms with E-state index >= 15 is 0 Å². The molecule has 4 heterocycles. The van der Waals surface area contributed by atoms with E-state index in [1.54, 1.807) is 18.6 Å². The fourth-order valence-electron chi connectivity index (χ4n) is 4.33. The number of carbonyl (C=O) groups is 2. The van der Waals surface area contributed by atoms with E-state index in [1.807, 2.05) is 24.0 Å². The molecule has 0 unspecified atom stereocenters. The van der Waals surface area contributed by atoms with Crippen LogP contribution in [0.5, 0.6) is 0 Å². The summed E-state index contributed by atoms with van der Waals surface area (Å²) in [6, 6.07) is 3.77. The first kappa shape index (κ1) is 21.4. The normalized spacial score (nSPS) is 18.0. The van der Waals surface area contributed by atoms with Gasteiger partial charge in [0, 0.05) is 63.3 Å². The lowest BCUT2D eigenvalue weighted by Crippen LogP contribution is -2.43. The van der Waals surface area contributed by atoms with Crippen LogP contribution in [0, 0.1) is 12.8 Å². The molecular formula is C23H29N5O3. The average molecular weight is 424 g/mol. The number of aryl methyl sites for hydroxylation is 1. The van der Waals surface area contributed by atoms with Gasteiger partial charge in [-0.05, 0) is 44.2 Å². The van der Waals surface area contributed by atoms with Crippen LogP contribution >= 0.6 is 0 Å². The highest BCUT2D eigenvalue weighted by Crippen LogP contribution is 2.30. The number of rotatable bonds is 5. The fourth-order valence-corrected chi connectivity index (χ4v) is 4.33. The Bertz CT molecular complexity index is 907. The van der Waals surface area contributed by atoms with Crippen LogP contribution in [0.4, 0.5) is 0 Å². The van der Waals surface area contributed by atoms with E-state index in [4.69, 9.17) is 4.74 Å². The third-order valence-electron chi connectivity index (χ3n) is 6.12. The number of hydrogen-bond acceptors (Lipinski definition) is 6. The SMILES string of the molecule is Cc1ncc(C(=O)NCc2cccnc2)c(C2CCN(C(=O)C3CCOCC3)CC2)n1. The molecule has 2 fully saturated rings. The zero-order chi connectivity index (χ0) is 21.6. The lowest BCUT2D eigenvalue weighted by molar-refractivity contribution is -0.139. The molecule has 2 aromatic rings. The van der Waals surface area contributed by atoms with Crippen LogP contribution in [0.3, 0.4) is 0 Å². The van der Waals surface area contributed by atoms with E-state index < -0.39 is 0 Å². The standard InChI is InChI=1S/C23H29N5O3/c1-16-25-15-20(22(29)26-14-17-3-2-8-24-13-17)21(27-16)18-4-9-28(10-5-18)23(30)19-6-11-31-12-7-19/h2-3,8,13,15,18-19H,4-7,9-12,14H2,1H3,(H,26,29). The van der Waals surface area contributed by atoms with Crippen molar-refractivity contribution in [1.82, 2.24) is 25.2 Å². The van der Waals surface area contributed by atoms with Gasteiger partial charge in [0.2, 0.25) is 5.91 Å². The number of aromatic nitrogens is 3. The first-order valence-electron chi connectivity index (χ1n) is 11.0. The topological polar surface area (TPSA) is 97.3 Å². The van der Waals surface area contributed by atoms with E-state index in [1.165, 1.54) is 0 Å². The molecule has 8 nitrogen and oxygen atoms in total. The first-order chi connectivity index (χ1) is 15.1. The number of carbonyl (C=O) groups excluding carboxylic acids is 2. The van der Waals surface area contributed by atoms with E-state index in [2.05, 4.69) is 20.3 Å². The molecule has 2 saturated heterocycles. The summed E-state index contributed by atoms with van der Waals surface area (Å²) in [4.78, 5) is 40.6. The third kappa shape index (κ3) is 5.25. The van der Waals surface area contributed by atoms with E-state index in [0.29, 0.717) is 44.2 Å². The molecule has 8 heteroatoms. The number of piperidine rings is 1. The van der Waals surface area contributed by atoms with Gasteiger partial charge in [-0.2, -0.15) is 0 Å². The quantitative estimate of drug-likeness (QED) is 0.792. The molecule has 0 aromatic carbocycles. The van der Waals surface area contributed by atoms with Gasteiger partial charge in [-0.15, -0.1) is 0 Å². The molecule has 2 aliphatic heterocycles. The second-order valence-electron chi connectivity index (χ2n) is 8.25. The summed E-state index contributed by atoms with van der Waals surface area (Å²) in [5.74, 6) is 0.939. The van der Waals surface area contributed by atoms with Crippen molar-refractivity contribution >= 4 is 11.8 Å². The Balaban J connectivity index is 1.40. The van der Waals surface area contributed by atoms with Crippen LogP contribution in [0.25, 0.3) is 0 Å². The smallest absolute Gasteiger partial charge is 0.254 e. The van der Waals surface area contributed by atoms with Crippen molar-refractivity contribution in [3.63, 3.8) is 0 Å². The van der Waals surface area contributed by atoms with Gasteiger partial charge in [0.05, 0.1) is 11.3 Å². The summed E-state index contributed by atoms with van der Waals surface area (Å²) in [5.41, 5.74) is 2.24. The second kappa shape index (κ2) is 9.96. The largest absolute Gasteiger partial charge is 0.381 e. The van der Waals surface area contributed by atoms with Crippen LogP contribution in [-0.2, 0) is 16.1 Å². The molecule has 2 amide bonds. The second-order valence-corrected chi connectivity index (χ2v) is 8.25. The number of ether oxygens (including phenoxy) is 1. The Morgan fingerprint density at radius 3 is 2.65 bits per heavy atom. The summed E-state index contributed by atoms with van der Waals surface area (Å²) in [7, 11) is 0. The van der Waals surface area contributed by atoms with Crippen molar-refractivity contribution in [2.75, 3.05) is 26.3 Å². The van der Waals surface area contributed by atoms with Crippen molar-refractivity contribution < 1.29 is 14.3 Å². The zero-order valence-electron chi connectivity index (χ0n) is 17.9. The predicted molar refractivity (Wildman–Crippen MR) is 114 cm³/mol. The van der Waals surface area contributed by atoms with Crippen LogP contribution in [0.2, 0.25) is 0 Å². The summed E-state index contributed by atoms with van der Waals surface area (Å²) in [6.45, 7) is 4.97. The van der Waals surface area contributed by atoms with Gasteiger partial charge in [-0.1, -0.05) is 6.07 Å². The molecule has 2 aliphatic rings. The molecule has 0 spiro atoms. The van der Waals surface area contributed by atoms with Crippen LogP contribution < -0.4 is 5.32 Å². The number of nitrogens with one attached hydrogen (secondary N) is 1. The van der Waals surface area contributed by atoms with Gasteiger partial charge in [0.15, 0.2) is 0 Å². The molecular weight excluding hydrogens is 394 g/mol. The average Bonchev–Trinajstić information content (AvgIpc) is 2.83. The number of likely N-dealkylation sites (tertiary alicyclic amines) is 1. The van der Waals surface area contributed by atoms with Gasteiger partial charge < -0.3 is 15.0 Å². The molecule has 2 aromatic heterocycles. The molecule has 0 aliphatic carbocycles. The van der Waals surface area contributed by atoms with Crippen molar-refractivity contribution in [3.05, 3.63) is 53.4 Å². The maximum atomic E-state index is 12.9. The Labute approximate surface area is 182 Å². The third-order valence-corrected chi connectivity index (χ3v) is 6.12. The van der Waals surface area contributed by atoms with Crippen LogP contribution in [-0.4, -0.2) is 58.0 Å². The van der Waals surface area contributed by atoms with Gasteiger partial charge in [-0.25, -0.2) is 9.97 Å². The molecule has 0 atom stereocenters. The maximum Gasteiger partial charge on any atom is 0.254 e. The molecule has 0 bridgehead atoms. The van der Waals surface area contributed by atoms with Crippen LogP contribution in [0.15, 0.2) is 30.7 Å². The van der Waals surface area contributed by atoms with Crippen LogP contribution in [0.1, 0.15) is 59.0 Å². The predicted octanol–water partition coefficient (Wildman–Crippen LogP) is 2.24. The van der Waals surface area contributed by atoms with Gasteiger partial charge >= 0.3 is 0 Å². The van der Waals surface area contributed by atoms with Gasteiger partial charge in [0.25, 0.3) is 5.91 Å². The van der Waals surface area contributed by atoms with E-state index in [-0.39, 0.29) is 23.7 Å². The van der Waals surface area contributed by atoms with Crippen molar-refractivity contribution in [3.8, 4) is 0 Å². The molecule has 31 heavy (non-hydrogen) atoms. The summed E-state index contributed by atoms with van der Waals surface area (Å²) < 4.78 is 5.38. The highest BCUT2D eigenvalue weighted by Gasteiger charge is 2.31. The minimum absolute atomic E-state index is 0.0837. The lowest BCUT2D eigenvalue weighted by atomic mass is 9.89. The van der Waals surface area contributed by atoms with Gasteiger partial charge in [-0.3, -0.25) is 14.6 Å². The van der Waals surface area contributed by atoms with Crippen molar-refractivity contribution in [2.24, 2.45) is 5.92 Å². The van der Waals surface area contributed by atoms with Crippen molar-refractivity contribution in [1.29, 1.82) is 0 Å². The summed E-state index contributed by atoms with van der Waals surface area (Å²) in [6.07, 6.45) is 8.28. The minimum Gasteiger partial charge on any atom is -0.381 e. The zero-order valence-corrected chi connectivity index (χ0v) is 17.9.